The van der Waals surface area contributed by atoms with Gasteiger partial charge in [0.2, 0.25) is 5.91 Å². The van der Waals surface area contributed by atoms with Crippen molar-refractivity contribution in [1.82, 2.24) is 10.2 Å². The molecule has 16 heavy (non-hydrogen) atoms. The lowest BCUT2D eigenvalue weighted by Gasteiger charge is -2.18. The second-order valence-electron chi connectivity index (χ2n) is 5.21. The molecule has 2 heterocycles. The van der Waals surface area contributed by atoms with E-state index < -0.39 is 9.84 Å². The largest absolute Gasteiger partial charge is 0.328 e. The Hall–Kier alpha value is -0.620. The number of rotatable bonds is 2. The molecule has 1 aliphatic carbocycles. The molecular weight excluding hydrogens is 228 g/mol. The van der Waals surface area contributed by atoms with Crippen LogP contribution in [0.25, 0.3) is 0 Å². The third-order valence-electron chi connectivity index (χ3n) is 3.86. The molecule has 1 amide bonds. The highest BCUT2D eigenvalue weighted by Crippen LogP contribution is 2.40. The first kappa shape index (κ1) is 10.5. The van der Waals surface area contributed by atoms with E-state index in [0.717, 1.165) is 12.8 Å². The van der Waals surface area contributed by atoms with Crippen molar-refractivity contribution in [1.29, 1.82) is 0 Å². The monoisotopic (exact) mass is 244 g/mol. The quantitative estimate of drug-likeness (QED) is 0.700. The summed E-state index contributed by atoms with van der Waals surface area (Å²) in [6.45, 7) is 1.20. The van der Waals surface area contributed by atoms with Gasteiger partial charge < -0.3 is 4.90 Å². The maximum atomic E-state index is 12.0. The highest BCUT2D eigenvalue weighted by molar-refractivity contribution is 7.91. The van der Waals surface area contributed by atoms with E-state index in [9.17, 15) is 13.2 Å². The van der Waals surface area contributed by atoms with Crippen LogP contribution in [0, 0.1) is 5.92 Å². The van der Waals surface area contributed by atoms with Crippen molar-refractivity contribution in [2.45, 2.75) is 24.8 Å². The summed E-state index contributed by atoms with van der Waals surface area (Å²) in [7, 11) is -2.83. The molecule has 6 heteroatoms. The van der Waals surface area contributed by atoms with Gasteiger partial charge in [-0.25, -0.2) is 8.42 Å². The third kappa shape index (κ3) is 1.64. The predicted octanol–water partition coefficient (Wildman–Crippen LogP) is -0.657. The Morgan fingerprint density at radius 1 is 1.44 bits per heavy atom. The van der Waals surface area contributed by atoms with Gasteiger partial charge in [0.1, 0.15) is 0 Å². The first-order chi connectivity index (χ1) is 7.51. The Kier molecular flexibility index (Phi) is 2.10. The molecule has 0 aromatic rings. The Balaban J connectivity index is 1.62. The van der Waals surface area contributed by atoms with Gasteiger partial charge in [-0.3, -0.25) is 10.1 Å². The SMILES string of the molecule is O=C1N(CC2CCS(=O)(=O)C2)CNC12CC2. The second kappa shape index (κ2) is 3.20. The summed E-state index contributed by atoms with van der Waals surface area (Å²) in [6, 6.07) is 0. The zero-order valence-electron chi connectivity index (χ0n) is 9.11. The zero-order valence-corrected chi connectivity index (χ0v) is 9.92. The van der Waals surface area contributed by atoms with Crippen molar-refractivity contribution in [3.63, 3.8) is 0 Å². The third-order valence-corrected chi connectivity index (χ3v) is 5.70. The minimum atomic E-state index is -2.83. The van der Waals surface area contributed by atoms with E-state index >= 15 is 0 Å². The second-order valence-corrected chi connectivity index (χ2v) is 7.44. The van der Waals surface area contributed by atoms with Crippen molar-refractivity contribution in [3.05, 3.63) is 0 Å². The van der Waals surface area contributed by atoms with Gasteiger partial charge in [-0.2, -0.15) is 0 Å². The van der Waals surface area contributed by atoms with Crippen LogP contribution in [0.4, 0.5) is 0 Å². The number of hydrogen-bond donors (Lipinski definition) is 1. The van der Waals surface area contributed by atoms with Crippen LogP contribution in [0.1, 0.15) is 19.3 Å². The van der Waals surface area contributed by atoms with Crippen molar-refractivity contribution in [2.75, 3.05) is 24.7 Å². The van der Waals surface area contributed by atoms with Crippen LogP contribution in [-0.2, 0) is 14.6 Å². The summed E-state index contributed by atoms with van der Waals surface area (Å²) in [5.74, 6) is 0.864. The molecule has 0 aromatic carbocycles. The summed E-state index contributed by atoms with van der Waals surface area (Å²) in [5, 5.41) is 3.23. The molecule has 0 bridgehead atoms. The Labute approximate surface area is 95.1 Å². The first-order valence-corrected chi connectivity index (χ1v) is 7.58. The molecule has 3 aliphatic rings. The predicted molar refractivity (Wildman–Crippen MR) is 58.4 cm³/mol. The maximum absolute atomic E-state index is 12.0. The number of amides is 1. The van der Waals surface area contributed by atoms with Crippen LogP contribution in [0.2, 0.25) is 0 Å². The molecule has 0 aromatic heterocycles. The molecule has 5 nitrogen and oxygen atoms in total. The van der Waals surface area contributed by atoms with E-state index in [2.05, 4.69) is 5.32 Å². The fourth-order valence-corrected chi connectivity index (χ4v) is 4.54. The summed E-state index contributed by atoms with van der Waals surface area (Å²) >= 11 is 0. The lowest BCUT2D eigenvalue weighted by Crippen LogP contribution is -2.35. The van der Waals surface area contributed by atoms with Crippen LogP contribution in [-0.4, -0.2) is 49.5 Å². The molecule has 1 unspecified atom stereocenters. The van der Waals surface area contributed by atoms with Gasteiger partial charge >= 0.3 is 0 Å². The van der Waals surface area contributed by atoms with Gasteiger partial charge in [-0.15, -0.1) is 0 Å². The molecular formula is C10H16N2O3S. The highest BCUT2D eigenvalue weighted by Gasteiger charge is 2.55. The van der Waals surface area contributed by atoms with Crippen molar-refractivity contribution >= 4 is 15.7 Å². The first-order valence-electron chi connectivity index (χ1n) is 5.76. The smallest absolute Gasteiger partial charge is 0.243 e. The van der Waals surface area contributed by atoms with Gasteiger partial charge in [-0.1, -0.05) is 0 Å². The van der Waals surface area contributed by atoms with Crippen LogP contribution in [0.5, 0.6) is 0 Å². The Morgan fingerprint density at radius 2 is 2.19 bits per heavy atom. The number of carbonyl (C=O) groups excluding carboxylic acids is 1. The number of nitrogens with zero attached hydrogens (tertiary/aromatic N) is 1. The van der Waals surface area contributed by atoms with Gasteiger partial charge in [-0.05, 0) is 25.2 Å². The Morgan fingerprint density at radius 3 is 2.69 bits per heavy atom. The normalized spacial score (nSPS) is 34.9. The molecule has 90 valence electrons. The molecule has 3 rings (SSSR count). The lowest BCUT2D eigenvalue weighted by atomic mass is 10.1. The van der Waals surface area contributed by atoms with E-state index in [4.69, 9.17) is 0 Å². The van der Waals surface area contributed by atoms with E-state index in [1.54, 1.807) is 4.90 Å². The minimum absolute atomic E-state index is 0.143. The van der Waals surface area contributed by atoms with E-state index in [1.807, 2.05) is 0 Å². The molecule has 0 radical (unpaired) electrons. The fourth-order valence-electron chi connectivity index (χ4n) is 2.69. The maximum Gasteiger partial charge on any atom is 0.243 e. The van der Waals surface area contributed by atoms with Crippen molar-refractivity contribution in [2.24, 2.45) is 5.92 Å². The molecule has 1 saturated carbocycles. The Bertz CT molecular complexity index is 427. The number of hydrogen-bond acceptors (Lipinski definition) is 4. The topological polar surface area (TPSA) is 66.5 Å². The van der Waals surface area contributed by atoms with Gasteiger partial charge in [0.05, 0.1) is 23.7 Å². The van der Waals surface area contributed by atoms with Crippen LogP contribution in [0.3, 0.4) is 0 Å². The molecule has 2 saturated heterocycles. The standard InChI is InChI=1S/C10H16N2O3S/c13-9-10(2-3-10)11-7-12(9)5-8-1-4-16(14,15)6-8/h8,11H,1-7H2. The van der Waals surface area contributed by atoms with Crippen LogP contribution in [0.15, 0.2) is 0 Å². The molecule has 2 aliphatic heterocycles. The summed E-state index contributed by atoms with van der Waals surface area (Å²) < 4.78 is 22.6. The van der Waals surface area contributed by atoms with Gasteiger partial charge in [0.15, 0.2) is 9.84 Å². The number of sulfone groups is 1. The zero-order chi connectivity index (χ0) is 11.4. The number of carbonyl (C=O) groups is 1. The molecule has 3 fully saturated rings. The van der Waals surface area contributed by atoms with Gasteiger partial charge in [0.25, 0.3) is 0 Å². The minimum Gasteiger partial charge on any atom is -0.328 e. The van der Waals surface area contributed by atoms with Crippen molar-refractivity contribution in [3.8, 4) is 0 Å². The molecule has 1 atom stereocenters. The van der Waals surface area contributed by atoms with Crippen molar-refractivity contribution < 1.29 is 13.2 Å². The average Bonchev–Trinajstić information content (AvgIpc) is 2.85. The summed E-state index contributed by atoms with van der Waals surface area (Å²) in [6.07, 6.45) is 2.58. The summed E-state index contributed by atoms with van der Waals surface area (Å²) in [4.78, 5) is 13.7. The molecule has 1 N–H and O–H groups in total. The fraction of sp³-hybridized carbons (Fsp3) is 0.900. The van der Waals surface area contributed by atoms with Crippen LogP contribution < -0.4 is 5.32 Å². The van der Waals surface area contributed by atoms with E-state index in [-0.39, 0.29) is 28.9 Å². The summed E-state index contributed by atoms with van der Waals surface area (Å²) in [5.41, 5.74) is -0.253. The van der Waals surface area contributed by atoms with Gasteiger partial charge in [0, 0.05) is 6.54 Å². The lowest BCUT2D eigenvalue weighted by molar-refractivity contribution is -0.130. The van der Waals surface area contributed by atoms with Crippen LogP contribution >= 0.6 is 0 Å². The average molecular weight is 244 g/mol. The van der Waals surface area contributed by atoms with E-state index in [0.29, 0.717) is 19.6 Å². The van der Waals surface area contributed by atoms with E-state index in [1.165, 1.54) is 0 Å². The molecule has 1 spiro atoms. The number of nitrogens with one attached hydrogen (secondary N) is 1. The highest BCUT2D eigenvalue weighted by atomic mass is 32.2.